The van der Waals surface area contributed by atoms with Crippen molar-refractivity contribution in [2.75, 3.05) is 13.7 Å². The van der Waals surface area contributed by atoms with Crippen LogP contribution in [0.15, 0.2) is 12.2 Å². The first kappa shape index (κ1) is 9.22. The zero-order chi connectivity index (χ0) is 8.97. The summed E-state index contributed by atoms with van der Waals surface area (Å²) in [4.78, 5) is 10.6. The predicted molar refractivity (Wildman–Crippen MR) is 41.4 cm³/mol. The summed E-state index contributed by atoms with van der Waals surface area (Å²) in [6.45, 7) is 1.85. The summed E-state index contributed by atoms with van der Waals surface area (Å²) < 4.78 is 15.0. The zero-order valence-corrected chi connectivity index (χ0v) is 7.15. The maximum absolute atomic E-state index is 10.6. The number of carbonyl (C=O) groups excluding carboxylic acids is 1. The quantitative estimate of drug-likeness (QED) is 0.449. The lowest BCUT2D eigenvalue weighted by Crippen LogP contribution is -2.35. The number of esters is 1. The van der Waals surface area contributed by atoms with Crippen LogP contribution in [0.1, 0.15) is 6.92 Å². The van der Waals surface area contributed by atoms with Gasteiger partial charge in [-0.15, -0.1) is 0 Å². The molecular formula is C8H12O4. The van der Waals surface area contributed by atoms with Crippen LogP contribution in [0.25, 0.3) is 0 Å². The highest BCUT2D eigenvalue weighted by atomic mass is 16.7. The molecule has 0 fully saturated rings. The van der Waals surface area contributed by atoms with Crippen LogP contribution in [0.5, 0.6) is 0 Å². The number of methoxy groups -OCH3 is 1. The molecule has 4 nitrogen and oxygen atoms in total. The van der Waals surface area contributed by atoms with E-state index in [9.17, 15) is 4.79 Å². The summed E-state index contributed by atoms with van der Waals surface area (Å²) in [7, 11) is 1.51. The molecule has 0 N–H and O–H groups in total. The van der Waals surface area contributed by atoms with Crippen LogP contribution in [0, 0.1) is 0 Å². The van der Waals surface area contributed by atoms with E-state index < -0.39 is 12.4 Å². The van der Waals surface area contributed by atoms with Gasteiger partial charge in [-0.25, -0.2) is 0 Å². The molecule has 0 aliphatic carbocycles. The first-order valence-corrected chi connectivity index (χ1v) is 3.72. The Bertz CT molecular complexity index is 187. The van der Waals surface area contributed by atoms with Crippen molar-refractivity contribution in [3.05, 3.63) is 12.2 Å². The maximum atomic E-state index is 10.6. The second-order valence-electron chi connectivity index (χ2n) is 2.44. The Morgan fingerprint density at radius 2 is 2.42 bits per heavy atom. The first-order chi connectivity index (χ1) is 5.74. The van der Waals surface area contributed by atoms with Crippen molar-refractivity contribution < 1.29 is 19.0 Å². The lowest BCUT2D eigenvalue weighted by molar-refractivity contribution is -0.189. The van der Waals surface area contributed by atoms with Crippen LogP contribution in [0.2, 0.25) is 0 Å². The lowest BCUT2D eigenvalue weighted by Gasteiger charge is -2.25. The molecule has 0 radical (unpaired) electrons. The van der Waals surface area contributed by atoms with Gasteiger partial charge in [0.25, 0.3) is 0 Å². The molecule has 12 heavy (non-hydrogen) atoms. The van der Waals surface area contributed by atoms with Crippen LogP contribution >= 0.6 is 0 Å². The average molecular weight is 172 g/mol. The summed E-state index contributed by atoms with van der Waals surface area (Å²) in [5.74, 6) is -0.336. The molecule has 1 aliphatic rings. The minimum Gasteiger partial charge on any atom is -0.453 e. The molecule has 1 heterocycles. The highest BCUT2D eigenvalue weighted by Gasteiger charge is 2.24. The van der Waals surface area contributed by atoms with Crippen LogP contribution in [0.3, 0.4) is 0 Å². The average Bonchev–Trinajstić information content (AvgIpc) is 2.04. The van der Waals surface area contributed by atoms with Crippen molar-refractivity contribution in [3.8, 4) is 0 Å². The molecule has 0 amide bonds. The summed E-state index contributed by atoms with van der Waals surface area (Å²) in [6.07, 6.45) is 2.67. The third kappa shape index (κ3) is 2.32. The van der Waals surface area contributed by atoms with Gasteiger partial charge >= 0.3 is 5.97 Å². The van der Waals surface area contributed by atoms with Gasteiger partial charge in [0.15, 0.2) is 12.4 Å². The van der Waals surface area contributed by atoms with Gasteiger partial charge in [-0.05, 0) is 6.08 Å². The molecule has 2 atom stereocenters. The molecule has 68 valence electrons. The van der Waals surface area contributed by atoms with Crippen molar-refractivity contribution in [3.63, 3.8) is 0 Å². The van der Waals surface area contributed by atoms with E-state index in [0.717, 1.165) is 0 Å². The van der Waals surface area contributed by atoms with Crippen molar-refractivity contribution in [1.82, 2.24) is 0 Å². The van der Waals surface area contributed by atoms with E-state index >= 15 is 0 Å². The largest absolute Gasteiger partial charge is 0.453 e. The van der Waals surface area contributed by atoms with Gasteiger partial charge in [-0.2, -0.15) is 0 Å². The summed E-state index contributed by atoms with van der Waals surface area (Å²) >= 11 is 0. The van der Waals surface area contributed by atoms with Crippen LogP contribution in [-0.4, -0.2) is 32.1 Å². The molecule has 1 aliphatic heterocycles. The second-order valence-corrected chi connectivity index (χ2v) is 2.44. The highest BCUT2D eigenvalue weighted by Crippen LogP contribution is 2.11. The number of hydrogen-bond donors (Lipinski definition) is 0. The summed E-state index contributed by atoms with van der Waals surface area (Å²) in [6, 6.07) is 0. The monoisotopic (exact) mass is 172 g/mol. The molecule has 0 saturated heterocycles. The Morgan fingerprint density at radius 3 is 3.00 bits per heavy atom. The van der Waals surface area contributed by atoms with E-state index in [2.05, 4.69) is 0 Å². The molecule has 0 aromatic carbocycles. The topological polar surface area (TPSA) is 44.8 Å². The lowest BCUT2D eigenvalue weighted by atomic mass is 10.2. The van der Waals surface area contributed by atoms with E-state index in [-0.39, 0.29) is 5.97 Å². The van der Waals surface area contributed by atoms with Crippen LogP contribution in [-0.2, 0) is 19.0 Å². The highest BCUT2D eigenvalue weighted by molar-refractivity contribution is 5.66. The van der Waals surface area contributed by atoms with Crippen molar-refractivity contribution >= 4 is 5.97 Å². The Labute approximate surface area is 71.1 Å². The normalized spacial score (nSPS) is 28.5. The minimum absolute atomic E-state index is 0.336. The Kier molecular flexibility index (Phi) is 3.25. The van der Waals surface area contributed by atoms with Crippen LogP contribution in [0.4, 0.5) is 0 Å². The van der Waals surface area contributed by atoms with E-state index in [0.29, 0.717) is 6.61 Å². The third-order valence-corrected chi connectivity index (χ3v) is 1.49. The maximum Gasteiger partial charge on any atom is 0.303 e. The molecule has 4 heteroatoms. The molecular weight excluding hydrogens is 160 g/mol. The number of ether oxygens (including phenoxy) is 3. The zero-order valence-electron chi connectivity index (χ0n) is 7.15. The van der Waals surface area contributed by atoms with Crippen molar-refractivity contribution in [2.24, 2.45) is 0 Å². The van der Waals surface area contributed by atoms with Gasteiger partial charge in [-0.1, -0.05) is 6.08 Å². The molecule has 1 rings (SSSR count). The van der Waals surface area contributed by atoms with E-state index in [1.54, 1.807) is 12.2 Å². The molecule has 0 aromatic heterocycles. The minimum atomic E-state index is -0.473. The Balaban J connectivity index is 2.52. The van der Waals surface area contributed by atoms with Gasteiger partial charge in [0.05, 0.1) is 6.61 Å². The van der Waals surface area contributed by atoms with Crippen molar-refractivity contribution in [1.29, 1.82) is 0 Å². The Morgan fingerprint density at radius 1 is 1.67 bits per heavy atom. The number of carbonyl (C=O) groups is 1. The molecule has 0 spiro atoms. The van der Waals surface area contributed by atoms with E-state index in [1.165, 1.54) is 14.0 Å². The third-order valence-electron chi connectivity index (χ3n) is 1.49. The predicted octanol–water partition coefficient (Wildman–Crippen LogP) is 0.477. The molecule has 0 bridgehead atoms. The van der Waals surface area contributed by atoms with Gasteiger partial charge < -0.3 is 14.2 Å². The summed E-state index contributed by atoms with van der Waals surface area (Å²) in [5, 5.41) is 0. The van der Waals surface area contributed by atoms with Crippen LogP contribution < -0.4 is 0 Å². The second kappa shape index (κ2) is 4.23. The van der Waals surface area contributed by atoms with Crippen molar-refractivity contribution in [2.45, 2.75) is 19.3 Å². The standard InChI is InChI=1S/C8H12O4/c1-6(9)12-7-4-3-5-11-8(7)10-2/h3-4,7-8H,5H2,1-2H3/t7-,8+/m1/s1. The van der Waals surface area contributed by atoms with Gasteiger partial charge in [0.2, 0.25) is 0 Å². The fraction of sp³-hybridized carbons (Fsp3) is 0.625. The SMILES string of the molecule is CO[C@H]1OCC=C[C@H]1OC(C)=O. The van der Waals surface area contributed by atoms with Gasteiger partial charge in [-0.3, -0.25) is 4.79 Å². The molecule has 0 unspecified atom stereocenters. The molecule has 0 saturated carbocycles. The van der Waals surface area contributed by atoms with Gasteiger partial charge in [0.1, 0.15) is 0 Å². The number of rotatable bonds is 2. The summed E-state index contributed by atoms with van der Waals surface area (Å²) in [5.41, 5.74) is 0. The molecule has 0 aromatic rings. The Hall–Kier alpha value is -0.870. The fourth-order valence-electron chi connectivity index (χ4n) is 1.01. The fourth-order valence-corrected chi connectivity index (χ4v) is 1.01. The number of hydrogen-bond acceptors (Lipinski definition) is 4. The van der Waals surface area contributed by atoms with Gasteiger partial charge in [0, 0.05) is 14.0 Å². The van der Waals surface area contributed by atoms with E-state index in [4.69, 9.17) is 14.2 Å². The van der Waals surface area contributed by atoms with E-state index in [1.807, 2.05) is 0 Å². The smallest absolute Gasteiger partial charge is 0.303 e. The first-order valence-electron chi connectivity index (χ1n) is 3.72.